The Kier molecular flexibility index (Phi) is 18.1. The molecule has 0 radical (unpaired) electrons. The molecule has 0 atom stereocenters. The molecule has 13 nitrogen and oxygen atoms in total. The van der Waals surface area contributed by atoms with Gasteiger partial charge < -0.3 is 34.2 Å². The van der Waals surface area contributed by atoms with E-state index in [0.717, 1.165) is 80.6 Å². The van der Waals surface area contributed by atoms with Gasteiger partial charge in [0.2, 0.25) is 0 Å². The molecule has 6 rings (SSSR count). The molecule has 2 aliphatic heterocycles. The third-order valence-corrected chi connectivity index (χ3v) is 20.4. The minimum absolute atomic E-state index is 0. The SMILES string of the molecule is C.CC(C)(C)[Si](C)(C)Oc1ccc(N)nc1.Cc1ccc(N2CCC(O)CC2)nc1.Cc1ccc(N2CCC(OC(=O)Nc3ccc(O[Si](C)(C)C(C)(C)C)cn3)CC2)nc1. The highest BCUT2D eigenvalue weighted by molar-refractivity contribution is 6.75. The van der Waals surface area contributed by atoms with Crippen LogP contribution >= 0.6 is 0 Å². The Balaban J connectivity index is 0.000000275. The second-order valence-corrected chi connectivity index (χ2v) is 28.3. The Labute approximate surface area is 368 Å². The molecule has 0 saturated carbocycles. The quantitative estimate of drug-likeness (QED) is 0.144. The number of aliphatic hydroxyl groups is 1. The Morgan fingerprint density at radius 3 is 1.49 bits per heavy atom. The van der Waals surface area contributed by atoms with Crippen molar-refractivity contribution in [1.29, 1.82) is 0 Å². The number of ether oxygens (including phenoxy) is 1. The Bertz CT molecular complexity index is 1900. The number of nitrogen functional groups attached to an aromatic ring is 1. The van der Waals surface area contributed by atoms with E-state index in [2.05, 4.69) is 115 Å². The van der Waals surface area contributed by atoms with Crippen molar-refractivity contribution in [1.82, 2.24) is 19.9 Å². The van der Waals surface area contributed by atoms with Gasteiger partial charge in [0, 0.05) is 51.4 Å². The van der Waals surface area contributed by atoms with E-state index in [0.29, 0.717) is 11.6 Å². The van der Waals surface area contributed by atoms with Crippen LogP contribution in [0.2, 0.25) is 36.3 Å². The fourth-order valence-electron chi connectivity index (χ4n) is 5.74. The van der Waals surface area contributed by atoms with Gasteiger partial charge in [-0.05, 0) is 110 Å². The number of nitrogens with one attached hydrogen (secondary N) is 1. The van der Waals surface area contributed by atoms with Crippen molar-refractivity contribution >= 4 is 46.0 Å². The first-order valence-corrected chi connectivity index (χ1v) is 26.9. The van der Waals surface area contributed by atoms with Crippen LogP contribution in [0.15, 0.2) is 73.3 Å². The molecule has 4 aromatic rings. The maximum atomic E-state index is 12.3. The average Bonchev–Trinajstić information content (AvgIpc) is 3.17. The van der Waals surface area contributed by atoms with Gasteiger partial charge in [-0.25, -0.2) is 24.7 Å². The van der Waals surface area contributed by atoms with Gasteiger partial charge in [0.1, 0.15) is 40.9 Å². The topological polar surface area (TPSA) is 161 Å². The van der Waals surface area contributed by atoms with Crippen molar-refractivity contribution in [3.63, 3.8) is 0 Å². The summed E-state index contributed by atoms with van der Waals surface area (Å²) in [5, 5.41) is 12.4. The van der Waals surface area contributed by atoms with Crippen LogP contribution in [-0.2, 0) is 4.74 Å². The number of hydrogen-bond donors (Lipinski definition) is 3. The summed E-state index contributed by atoms with van der Waals surface area (Å²) >= 11 is 0. The van der Waals surface area contributed by atoms with Crippen molar-refractivity contribution in [2.24, 2.45) is 0 Å². The summed E-state index contributed by atoms with van der Waals surface area (Å²) in [5.41, 5.74) is 7.85. The number of anilines is 4. The number of pyridine rings is 4. The number of carbonyl (C=O) groups is 1. The van der Waals surface area contributed by atoms with E-state index in [4.69, 9.17) is 19.3 Å². The molecule has 4 aromatic heterocycles. The summed E-state index contributed by atoms with van der Waals surface area (Å²) in [6, 6.07) is 15.5. The number of aryl methyl sites for hydroxylation is 2. The van der Waals surface area contributed by atoms with Crippen molar-refractivity contribution < 1.29 is 23.5 Å². The van der Waals surface area contributed by atoms with Crippen LogP contribution in [-0.4, -0.2) is 86.2 Å². The number of piperidine rings is 2. The fraction of sp³-hybridized carbons (Fsp3) is 0.543. The monoisotopic (exact) mass is 875 g/mol. The molecule has 0 bridgehead atoms. The first-order chi connectivity index (χ1) is 28.0. The lowest BCUT2D eigenvalue weighted by Gasteiger charge is -2.36. The molecule has 6 heterocycles. The number of nitrogens with two attached hydrogens (primary N) is 1. The smallest absolute Gasteiger partial charge is 0.413 e. The molecule has 61 heavy (non-hydrogen) atoms. The van der Waals surface area contributed by atoms with Gasteiger partial charge in [0.05, 0.1) is 18.5 Å². The summed E-state index contributed by atoms with van der Waals surface area (Å²) < 4.78 is 17.9. The van der Waals surface area contributed by atoms with Crippen LogP contribution in [0.3, 0.4) is 0 Å². The van der Waals surface area contributed by atoms with Gasteiger partial charge in [-0.3, -0.25) is 5.32 Å². The number of aliphatic hydroxyl groups excluding tert-OH is 1. The predicted molar refractivity (Wildman–Crippen MR) is 256 cm³/mol. The lowest BCUT2D eigenvalue weighted by atomic mass is 10.1. The zero-order valence-electron chi connectivity index (χ0n) is 38.1. The number of nitrogens with zero attached hydrogens (tertiary/aromatic N) is 6. The molecular weight excluding hydrogens is 801 g/mol. The number of rotatable bonds is 8. The molecule has 2 aliphatic rings. The molecule has 2 saturated heterocycles. The summed E-state index contributed by atoms with van der Waals surface area (Å²) in [6.07, 6.45) is 9.67. The Hall–Kier alpha value is -4.74. The van der Waals surface area contributed by atoms with Gasteiger partial charge in [-0.15, -0.1) is 0 Å². The zero-order valence-corrected chi connectivity index (χ0v) is 40.1. The lowest BCUT2D eigenvalue weighted by Crippen LogP contribution is -2.43. The van der Waals surface area contributed by atoms with E-state index >= 15 is 0 Å². The zero-order chi connectivity index (χ0) is 44.3. The second kappa shape index (κ2) is 21.9. The first-order valence-electron chi connectivity index (χ1n) is 21.1. The summed E-state index contributed by atoms with van der Waals surface area (Å²) in [5.74, 6) is 4.52. The second-order valence-electron chi connectivity index (χ2n) is 18.8. The predicted octanol–water partition coefficient (Wildman–Crippen LogP) is 10.4. The van der Waals surface area contributed by atoms with E-state index in [-0.39, 0.29) is 29.7 Å². The summed E-state index contributed by atoms with van der Waals surface area (Å²) in [6.45, 7) is 29.5. The average molecular weight is 875 g/mol. The van der Waals surface area contributed by atoms with Gasteiger partial charge in [0.15, 0.2) is 0 Å². The summed E-state index contributed by atoms with van der Waals surface area (Å²) in [7, 11) is -3.66. The number of carbonyl (C=O) groups excluding carboxylic acids is 1. The molecule has 0 spiro atoms. The Morgan fingerprint density at radius 2 is 1.11 bits per heavy atom. The van der Waals surface area contributed by atoms with Gasteiger partial charge >= 0.3 is 6.09 Å². The van der Waals surface area contributed by atoms with Gasteiger partial charge in [0.25, 0.3) is 16.6 Å². The lowest BCUT2D eigenvalue weighted by molar-refractivity contribution is 0.0949. The maximum absolute atomic E-state index is 12.3. The number of hydrogen-bond acceptors (Lipinski definition) is 12. The molecule has 336 valence electrons. The van der Waals surface area contributed by atoms with Crippen molar-refractivity contribution in [3.8, 4) is 11.5 Å². The van der Waals surface area contributed by atoms with Crippen LogP contribution in [0, 0.1) is 13.8 Å². The normalized spacial score (nSPS) is 15.2. The molecule has 2 fully saturated rings. The van der Waals surface area contributed by atoms with Crippen molar-refractivity contribution in [2.75, 3.05) is 47.0 Å². The number of amides is 1. The van der Waals surface area contributed by atoms with E-state index in [1.54, 1.807) is 24.5 Å². The van der Waals surface area contributed by atoms with Crippen LogP contribution in [0.4, 0.5) is 28.1 Å². The highest BCUT2D eigenvalue weighted by Crippen LogP contribution is 2.38. The van der Waals surface area contributed by atoms with Crippen LogP contribution in [0.1, 0.15) is 85.8 Å². The minimum Gasteiger partial charge on any atom is -0.542 e. The molecule has 1 amide bonds. The third kappa shape index (κ3) is 15.9. The van der Waals surface area contributed by atoms with Crippen molar-refractivity contribution in [3.05, 3.63) is 84.4 Å². The molecular formula is C46H74N8O5Si2. The van der Waals surface area contributed by atoms with E-state index in [9.17, 15) is 9.90 Å². The maximum Gasteiger partial charge on any atom is 0.413 e. The minimum atomic E-state index is -1.92. The molecule has 0 aromatic carbocycles. The van der Waals surface area contributed by atoms with Crippen LogP contribution in [0.5, 0.6) is 11.5 Å². The first kappa shape index (κ1) is 50.6. The van der Waals surface area contributed by atoms with E-state index < -0.39 is 22.7 Å². The molecule has 0 unspecified atom stereocenters. The van der Waals surface area contributed by atoms with Gasteiger partial charge in [-0.2, -0.15) is 0 Å². The number of aromatic nitrogens is 4. The van der Waals surface area contributed by atoms with Crippen LogP contribution < -0.4 is 29.7 Å². The molecule has 4 N–H and O–H groups in total. The standard InChI is InChI=1S/C23H34N4O3Si.C11H20N2OSi.C11H16N2O.CH4/c1-17-7-10-21(25-15-17)27-13-11-18(12-14-27)29-22(28)26-20-9-8-19(16-24-20)30-31(5,6)23(2,3)4;1-11(2,3)15(4,5)14-9-6-7-10(12)13-8-9;1-9-2-3-11(12-8-9)13-6-4-10(14)5-7-13;/h7-10,15-16,18H,11-14H2,1-6H3,(H,24,26,28);6-8H,1-5H3,(H2,12,13);2-3,8,10,14H,4-7H2,1H3;1H4. The fourth-order valence-corrected chi connectivity index (χ4v) is 7.77. The van der Waals surface area contributed by atoms with Gasteiger partial charge in [-0.1, -0.05) is 61.1 Å². The third-order valence-electron chi connectivity index (χ3n) is 11.7. The Morgan fingerprint density at radius 1 is 0.672 bits per heavy atom. The summed E-state index contributed by atoms with van der Waals surface area (Å²) in [4.78, 5) is 33.9. The highest BCUT2D eigenvalue weighted by atomic mass is 28.4. The largest absolute Gasteiger partial charge is 0.542 e. The van der Waals surface area contributed by atoms with E-state index in [1.807, 2.05) is 50.5 Å². The van der Waals surface area contributed by atoms with E-state index in [1.165, 1.54) is 5.56 Å². The van der Waals surface area contributed by atoms with Crippen molar-refractivity contribution in [2.45, 2.75) is 137 Å². The molecule has 15 heteroatoms. The highest BCUT2D eigenvalue weighted by Gasteiger charge is 2.40. The van der Waals surface area contributed by atoms with Crippen LogP contribution in [0.25, 0.3) is 0 Å². The molecule has 0 aliphatic carbocycles.